The lowest BCUT2D eigenvalue weighted by Gasteiger charge is -2.29. The van der Waals surface area contributed by atoms with E-state index in [4.69, 9.17) is 0 Å². The molecule has 3 rings (SSSR count). The van der Waals surface area contributed by atoms with Crippen LogP contribution in [-0.2, 0) is 17.6 Å². The average Bonchev–Trinajstić information content (AvgIpc) is 2.52. The van der Waals surface area contributed by atoms with Gasteiger partial charge in [0.2, 0.25) is 5.91 Å². The number of halogens is 1. The zero-order valence-corrected chi connectivity index (χ0v) is 11.9. The second kappa shape index (κ2) is 6.08. The zero-order chi connectivity index (χ0) is 14.7. The Bertz CT molecular complexity index is 639. The third-order valence-corrected chi connectivity index (χ3v) is 3.93. The van der Waals surface area contributed by atoms with E-state index < -0.39 is 0 Å². The van der Waals surface area contributed by atoms with Crippen molar-refractivity contribution in [3.63, 3.8) is 0 Å². The minimum atomic E-state index is -0.229. The summed E-state index contributed by atoms with van der Waals surface area (Å²) in [6.07, 6.45) is 2.97. The van der Waals surface area contributed by atoms with E-state index in [9.17, 15) is 9.18 Å². The molecule has 3 heteroatoms. The van der Waals surface area contributed by atoms with Crippen LogP contribution in [-0.4, -0.2) is 12.5 Å². The second-order valence-electron chi connectivity index (χ2n) is 5.41. The first-order valence-corrected chi connectivity index (χ1v) is 7.37. The van der Waals surface area contributed by atoms with Crippen LogP contribution in [0.4, 0.5) is 10.1 Å². The van der Waals surface area contributed by atoms with E-state index in [1.807, 2.05) is 30.3 Å². The van der Waals surface area contributed by atoms with E-state index in [-0.39, 0.29) is 11.7 Å². The molecular weight excluding hydrogens is 265 g/mol. The molecule has 21 heavy (non-hydrogen) atoms. The van der Waals surface area contributed by atoms with Crippen molar-refractivity contribution in [1.82, 2.24) is 0 Å². The Kier molecular flexibility index (Phi) is 4.00. The summed E-state index contributed by atoms with van der Waals surface area (Å²) in [6.45, 7) is 0.728. The Balaban J connectivity index is 1.71. The van der Waals surface area contributed by atoms with Crippen molar-refractivity contribution in [2.24, 2.45) is 0 Å². The largest absolute Gasteiger partial charge is 0.312 e. The molecular formula is C18H18FNO. The first-order valence-electron chi connectivity index (χ1n) is 7.37. The SMILES string of the molecule is O=C(CCc1ccccc1)N1CCCc2cc(F)ccc21. The molecule has 0 spiro atoms. The fourth-order valence-electron chi connectivity index (χ4n) is 2.86. The molecule has 1 heterocycles. The van der Waals surface area contributed by atoms with Gasteiger partial charge in [-0.1, -0.05) is 30.3 Å². The summed E-state index contributed by atoms with van der Waals surface area (Å²) in [7, 11) is 0. The van der Waals surface area contributed by atoms with Gasteiger partial charge in [0.25, 0.3) is 0 Å². The third kappa shape index (κ3) is 3.13. The maximum atomic E-state index is 13.3. The first-order chi connectivity index (χ1) is 10.2. The smallest absolute Gasteiger partial charge is 0.227 e. The molecule has 1 aliphatic heterocycles. The van der Waals surface area contributed by atoms with E-state index >= 15 is 0 Å². The van der Waals surface area contributed by atoms with Gasteiger partial charge in [-0.15, -0.1) is 0 Å². The molecule has 0 bridgehead atoms. The van der Waals surface area contributed by atoms with Crippen molar-refractivity contribution in [2.75, 3.05) is 11.4 Å². The van der Waals surface area contributed by atoms with Crippen LogP contribution in [0.25, 0.3) is 0 Å². The number of nitrogens with zero attached hydrogens (tertiary/aromatic N) is 1. The van der Waals surface area contributed by atoms with Crippen molar-refractivity contribution < 1.29 is 9.18 Å². The van der Waals surface area contributed by atoms with Crippen LogP contribution < -0.4 is 4.90 Å². The van der Waals surface area contributed by atoms with Crippen LogP contribution in [0.5, 0.6) is 0 Å². The van der Waals surface area contributed by atoms with Crippen molar-refractivity contribution in [2.45, 2.75) is 25.7 Å². The zero-order valence-electron chi connectivity index (χ0n) is 11.9. The van der Waals surface area contributed by atoms with Gasteiger partial charge in [-0.2, -0.15) is 0 Å². The van der Waals surface area contributed by atoms with Gasteiger partial charge in [-0.25, -0.2) is 4.39 Å². The molecule has 108 valence electrons. The van der Waals surface area contributed by atoms with Crippen molar-refractivity contribution in [3.05, 3.63) is 65.5 Å². The maximum absolute atomic E-state index is 13.3. The predicted molar refractivity (Wildman–Crippen MR) is 81.8 cm³/mol. The number of amides is 1. The highest BCUT2D eigenvalue weighted by atomic mass is 19.1. The molecule has 0 saturated carbocycles. The van der Waals surface area contributed by atoms with Crippen LogP contribution in [0.3, 0.4) is 0 Å². The molecule has 0 aromatic heterocycles. The van der Waals surface area contributed by atoms with Gasteiger partial charge < -0.3 is 4.90 Å². The lowest BCUT2D eigenvalue weighted by molar-refractivity contribution is -0.118. The normalized spacial score (nSPS) is 13.9. The second-order valence-corrected chi connectivity index (χ2v) is 5.41. The van der Waals surface area contributed by atoms with Gasteiger partial charge in [-0.3, -0.25) is 4.79 Å². The van der Waals surface area contributed by atoms with E-state index in [0.29, 0.717) is 6.42 Å². The standard InChI is InChI=1S/C18H18FNO/c19-16-9-10-17-15(13-16)7-4-12-20(17)18(21)11-8-14-5-2-1-3-6-14/h1-3,5-6,9-10,13H,4,7-8,11-12H2. The van der Waals surface area contributed by atoms with Gasteiger partial charge in [-0.05, 0) is 48.6 Å². The van der Waals surface area contributed by atoms with Gasteiger partial charge in [0.15, 0.2) is 0 Å². The molecule has 0 N–H and O–H groups in total. The number of fused-ring (bicyclic) bond motifs is 1. The van der Waals surface area contributed by atoms with E-state index in [2.05, 4.69) is 0 Å². The minimum absolute atomic E-state index is 0.117. The van der Waals surface area contributed by atoms with Crippen LogP contribution in [0.15, 0.2) is 48.5 Å². The quantitative estimate of drug-likeness (QED) is 0.840. The molecule has 2 aromatic carbocycles. The third-order valence-electron chi connectivity index (χ3n) is 3.93. The highest BCUT2D eigenvalue weighted by molar-refractivity contribution is 5.94. The summed E-state index contributed by atoms with van der Waals surface area (Å²) in [5, 5.41) is 0. The molecule has 0 radical (unpaired) electrons. The van der Waals surface area contributed by atoms with Crippen LogP contribution in [0.1, 0.15) is 24.0 Å². The van der Waals surface area contributed by atoms with Crippen molar-refractivity contribution in [1.29, 1.82) is 0 Å². The van der Waals surface area contributed by atoms with E-state index in [1.165, 1.54) is 11.6 Å². The van der Waals surface area contributed by atoms with Crippen molar-refractivity contribution in [3.8, 4) is 0 Å². The van der Waals surface area contributed by atoms with E-state index in [1.54, 1.807) is 17.0 Å². The lowest BCUT2D eigenvalue weighted by Crippen LogP contribution is -2.35. The highest BCUT2D eigenvalue weighted by Gasteiger charge is 2.22. The molecule has 1 aliphatic rings. The summed E-state index contributed by atoms with van der Waals surface area (Å²) in [5.74, 6) is -0.112. The monoisotopic (exact) mass is 283 g/mol. The number of aryl methyl sites for hydroxylation is 2. The molecule has 0 saturated heterocycles. The topological polar surface area (TPSA) is 20.3 Å². The number of anilines is 1. The van der Waals surface area contributed by atoms with Gasteiger partial charge in [0.1, 0.15) is 5.82 Å². The first kappa shape index (κ1) is 13.8. The Morgan fingerprint density at radius 1 is 1.14 bits per heavy atom. The lowest BCUT2D eigenvalue weighted by atomic mass is 10.0. The van der Waals surface area contributed by atoms with E-state index in [0.717, 1.165) is 37.1 Å². The Morgan fingerprint density at radius 3 is 2.76 bits per heavy atom. The van der Waals surface area contributed by atoms with Crippen LogP contribution >= 0.6 is 0 Å². The van der Waals surface area contributed by atoms with Crippen LogP contribution in [0.2, 0.25) is 0 Å². The maximum Gasteiger partial charge on any atom is 0.227 e. The molecule has 0 aliphatic carbocycles. The number of rotatable bonds is 3. The number of carbonyl (C=O) groups is 1. The minimum Gasteiger partial charge on any atom is -0.312 e. The Labute approximate surface area is 124 Å². The number of benzene rings is 2. The molecule has 0 fully saturated rings. The Hall–Kier alpha value is -2.16. The molecule has 2 aromatic rings. The predicted octanol–water partition coefficient (Wildman–Crippen LogP) is 3.74. The van der Waals surface area contributed by atoms with Crippen LogP contribution in [0, 0.1) is 5.82 Å². The summed E-state index contributed by atoms with van der Waals surface area (Å²) in [6, 6.07) is 14.7. The summed E-state index contributed by atoms with van der Waals surface area (Å²) >= 11 is 0. The number of hydrogen-bond donors (Lipinski definition) is 0. The van der Waals surface area contributed by atoms with Gasteiger partial charge >= 0.3 is 0 Å². The molecule has 0 atom stereocenters. The average molecular weight is 283 g/mol. The Morgan fingerprint density at radius 2 is 1.95 bits per heavy atom. The summed E-state index contributed by atoms with van der Waals surface area (Å²) in [4.78, 5) is 14.3. The fraction of sp³-hybridized carbons (Fsp3) is 0.278. The number of hydrogen-bond acceptors (Lipinski definition) is 1. The van der Waals surface area contributed by atoms with Gasteiger partial charge in [0.05, 0.1) is 0 Å². The van der Waals surface area contributed by atoms with Crippen molar-refractivity contribution >= 4 is 11.6 Å². The fourth-order valence-corrected chi connectivity index (χ4v) is 2.86. The molecule has 0 unspecified atom stereocenters. The van der Waals surface area contributed by atoms with Gasteiger partial charge in [0, 0.05) is 18.7 Å². The summed E-state index contributed by atoms with van der Waals surface area (Å²) < 4.78 is 13.3. The molecule has 2 nitrogen and oxygen atoms in total. The highest BCUT2D eigenvalue weighted by Crippen LogP contribution is 2.28. The number of carbonyl (C=O) groups excluding carboxylic acids is 1. The summed E-state index contributed by atoms with van der Waals surface area (Å²) in [5.41, 5.74) is 2.98. The molecule has 1 amide bonds.